The lowest BCUT2D eigenvalue weighted by molar-refractivity contribution is 0.160. The van der Waals surface area contributed by atoms with Gasteiger partial charge in [0.2, 0.25) is 5.82 Å². The molecule has 0 spiro atoms. The van der Waals surface area contributed by atoms with Crippen molar-refractivity contribution in [2.45, 2.75) is 25.3 Å². The summed E-state index contributed by atoms with van der Waals surface area (Å²) in [6.07, 6.45) is 5.81. The van der Waals surface area contributed by atoms with E-state index >= 15 is 0 Å². The maximum atomic E-state index is 12.8. The first kappa shape index (κ1) is 16.3. The molecule has 1 atom stereocenters. The molecular weight excluding hydrogens is 332 g/mol. The molecular formula is C18H20N6O2. The van der Waals surface area contributed by atoms with Gasteiger partial charge >= 0.3 is 6.03 Å². The summed E-state index contributed by atoms with van der Waals surface area (Å²) < 4.78 is 1.38. The minimum atomic E-state index is -0.335. The van der Waals surface area contributed by atoms with Crippen molar-refractivity contribution in [1.82, 2.24) is 24.4 Å². The van der Waals surface area contributed by atoms with Crippen LogP contribution < -0.4 is 10.9 Å². The zero-order valence-electron chi connectivity index (χ0n) is 14.5. The number of imidazole rings is 1. The number of aromatic nitrogens is 4. The first-order valence-corrected chi connectivity index (χ1v) is 8.67. The quantitative estimate of drug-likeness (QED) is 0.740. The van der Waals surface area contributed by atoms with E-state index in [1.165, 1.54) is 10.8 Å². The van der Waals surface area contributed by atoms with Crippen LogP contribution in [-0.2, 0) is 7.05 Å². The average molecular weight is 352 g/mol. The lowest BCUT2D eigenvalue weighted by atomic mass is 10.0. The second-order valence-electron chi connectivity index (χ2n) is 6.47. The summed E-state index contributed by atoms with van der Waals surface area (Å²) in [5.74, 6) is 0.809. The van der Waals surface area contributed by atoms with Crippen LogP contribution in [0.25, 0.3) is 11.0 Å². The number of para-hydroxylation sites is 2. The van der Waals surface area contributed by atoms with Gasteiger partial charge in [-0.25, -0.2) is 14.8 Å². The van der Waals surface area contributed by atoms with Crippen molar-refractivity contribution in [3.63, 3.8) is 0 Å². The summed E-state index contributed by atoms with van der Waals surface area (Å²) in [6, 6.07) is 7.33. The third kappa shape index (κ3) is 2.94. The Morgan fingerprint density at radius 1 is 1.31 bits per heavy atom. The van der Waals surface area contributed by atoms with Crippen molar-refractivity contribution >= 4 is 22.9 Å². The van der Waals surface area contributed by atoms with Gasteiger partial charge in [0, 0.05) is 26.0 Å². The van der Waals surface area contributed by atoms with Crippen LogP contribution >= 0.6 is 0 Å². The molecule has 0 aliphatic carbocycles. The third-order valence-electron chi connectivity index (χ3n) is 4.73. The molecule has 2 N–H and O–H groups in total. The summed E-state index contributed by atoms with van der Waals surface area (Å²) >= 11 is 0. The van der Waals surface area contributed by atoms with Crippen LogP contribution in [0.15, 0.2) is 41.5 Å². The smallest absolute Gasteiger partial charge is 0.323 e. The van der Waals surface area contributed by atoms with Crippen molar-refractivity contribution in [2.24, 2.45) is 7.05 Å². The van der Waals surface area contributed by atoms with Crippen LogP contribution in [0.2, 0.25) is 0 Å². The Kier molecular flexibility index (Phi) is 4.16. The molecule has 2 amide bonds. The second kappa shape index (κ2) is 6.62. The highest BCUT2D eigenvalue weighted by Crippen LogP contribution is 2.30. The zero-order chi connectivity index (χ0) is 18.1. The van der Waals surface area contributed by atoms with Crippen LogP contribution in [-0.4, -0.2) is 37.0 Å². The van der Waals surface area contributed by atoms with E-state index in [9.17, 15) is 9.59 Å². The van der Waals surface area contributed by atoms with Crippen molar-refractivity contribution < 1.29 is 4.79 Å². The number of carbonyl (C=O) groups excluding carboxylic acids is 1. The van der Waals surface area contributed by atoms with Gasteiger partial charge in [0.25, 0.3) is 5.56 Å². The number of amides is 2. The number of rotatable bonds is 2. The number of anilines is 1. The van der Waals surface area contributed by atoms with Gasteiger partial charge < -0.3 is 14.5 Å². The van der Waals surface area contributed by atoms with Crippen LogP contribution in [0.3, 0.4) is 0 Å². The van der Waals surface area contributed by atoms with Gasteiger partial charge in [-0.2, -0.15) is 0 Å². The van der Waals surface area contributed by atoms with Gasteiger partial charge in [0.15, 0.2) is 0 Å². The molecule has 0 radical (unpaired) electrons. The fourth-order valence-corrected chi connectivity index (χ4v) is 3.35. The van der Waals surface area contributed by atoms with Crippen molar-refractivity contribution in [3.8, 4) is 0 Å². The number of nitrogens with zero attached hydrogens (tertiary/aromatic N) is 4. The molecule has 3 heterocycles. The highest BCUT2D eigenvalue weighted by molar-refractivity contribution is 5.88. The Hall–Kier alpha value is -3.16. The standard InChI is InChI=1S/C18H20N6O2/c1-23-11-9-19-16(17(23)25)22-18(26)24-10-5-4-8-14(24)15-20-12-6-2-3-7-13(12)21-15/h2-3,6-7,9,11,14H,4-5,8,10H2,1H3,(H,20,21)(H,19,22,26). The molecule has 1 aliphatic heterocycles. The van der Waals surface area contributed by atoms with Gasteiger partial charge in [0.05, 0.1) is 17.1 Å². The number of H-pyrrole nitrogens is 1. The maximum Gasteiger partial charge on any atom is 0.323 e. The molecule has 2 aromatic heterocycles. The number of aryl methyl sites for hydroxylation is 1. The fourth-order valence-electron chi connectivity index (χ4n) is 3.35. The highest BCUT2D eigenvalue weighted by atomic mass is 16.2. The molecule has 1 saturated heterocycles. The van der Waals surface area contributed by atoms with Gasteiger partial charge in [0.1, 0.15) is 5.82 Å². The topological polar surface area (TPSA) is 95.9 Å². The Balaban J connectivity index is 1.61. The van der Waals surface area contributed by atoms with Gasteiger partial charge in [-0.05, 0) is 31.4 Å². The Labute approximate surface area is 149 Å². The van der Waals surface area contributed by atoms with Crippen LogP contribution in [0.1, 0.15) is 31.1 Å². The molecule has 0 bridgehead atoms. The van der Waals surface area contributed by atoms with Gasteiger partial charge in [-0.15, -0.1) is 0 Å². The molecule has 8 nitrogen and oxygen atoms in total. The predicted molar refractivity (Wildman–Crippen MR) is 97.9 cm³/mol. The Bertz CT molecular complexity index is 975. The second-order valence-corrected chi connectivity index (χ2v) is 6.47. The summed E-state index contributed by atoms with van der Waals surface area (Å²) in [4.78, 5) is 38.6. The van der Waals surface area contributed by atoms with E-state index in [-0.39, 0.29) is 23.5 Å². The number of hydrogen-bond donors (Lipinski definition) is 2. The number of piperidine rings is 1. The highest BCUT2D eigenvalue weighted by Gasteiger charge is 2.30. The van der Waals surface area contributed by atoms with E-state index in [1.54, 1.807) is 18.1 Å². The van der Waals surface area contributed by atoms with E-state index in [0.29, 0.717) is 6.54 Å². The summed E-state index contributed by atoms with van der Waals surface area (Å²) in [7, 11) is 1.62. The molecule has 1 aliphatic rings. The Morgan fingerprint density at radius 3 is 3.00 bits per heavy atom. The summed E-state index contributed by atoms with van der Waals surface area (Å²) in [5.41, 5.74) is 1.50. The monoisotopic (exact) mass is 352 g/mol. The molecule has 1 unspecified atom stereocenters. The fraction of sp³-hybridized carbons (Fsp3) is 0.333. The molecule has 1 fully saturated rings. The normalized spacial score (nSPS) is 17.4. The predicted octanol–water partition coefficient (Wildman–Crippen LogP) is 2.42. The zero-order valence-corrected chi connectivity index (χ0v) is 14.5. The SMILES string of the molecule is Cn1ccnc(NC(=O)N2CCCCC2c2nc3ccccc3[nH]2)c1=O. The lowest BCUT2D eigenvalue weighted by Gasteiger charge is -2.34. The largest absolute Gasteiger partial charge is 0.340 e. The minimum Gasteiger partial charge on any atom is -0.340 e. The number of fused-ring (bicyclic) bond motifs is 1. The molecule has 134 valence electrons. The van der Waals surface area contributed by atoms with Crippen molar-refractivity contribution in [3.05, 3.63) is 52.8 Å². The molecule has 1 aromatic carbocycles. The van der Waals surface area contributed by atoms with E-state index in [2.05, 4.69) is 20.3 Å². The van der Waals surface area contributed by atoms with Crippen LogP contribution in [0, 0.1) is 0 Å². The first-order chi connectivity index (χ1) is 12.6. The van der Waals surface area contributed by atoms with Crippen molar-refractivity contribution in [2.75, 3.05) is 11.9 Å². The lowest BCUT2D eigenvalue weighted by Crippen LogP contribution is -2.42. The van der Waals surface area contributed by atoms with Crippen LogP contribution in [0.4, 0.5) is 10.6 Å². The summed E-state index contributed by atoms with van der Waals surface area (Å²) in [5, 5.41) is 2.66. The van der Waals surface area contributed by atoms with Crippen molar-refractivity contribution in [1.29, 1.82) is 0 Å². The number of nitrogens with one attached hydrogen (secondary N) is 2. The number of hydrogen-bond acceptors (Lipinski definition) is 4. The maximum absolute atomic E-state index is 12.8. The van der Waals surface area contributed by atoms with E-state index < -0.39 is 0 Å². The van der Waals surface area contributed by atoms with Gasteiger partial charge in [-0.3, -0.25) is 10.1 Å². The average Bonchev–Trinajstić information content (AvgIpc) is 3.09. The number of likely N-dealkylation sites (tertiary alicyclic amines) is 1. The van der Waals surface area contributed by atoms with E-state index in [1.807, 2.05) is 24.3 Å². The first-order valence-electron chi connectivity index (χ1n) is 8.67. The molecule has 3 aromatic rings. The molecule has 8 heteroatoms. The third-order valence-corrected chi connectivity index (χ3v) is 4.73. The number of benzene rings is 1. The summed E-state index contributed by atoms with van der Waals surface area (Å²) in [6.45, 7) is 0.612. The van der Waals surface area contributed by atoms with E-state index in [0.717, 1.165) is 36.1 Å². The number of urea groups is 1. The van der Waals surface area contributed by atoms with Crippen LogP contribution in [0.5, 0.6) is 0 Å². The van der Waals surface area contributed by atoms with Gasteiger partial charge in [-0.1, -0.05) is 12.1 Å². The number of carbonyl (C=O) groups is 1. The minimum absolute atomic E-state index is 0.0360. The molecule has 26 heavy (non-hydrogen) atoms. The molecule has 0 saturated carbocycles. The van der Waals surface area contributed by atoms with E-state index in [4.69, 9.17) is 0 Å². The number of aromatic amines is 1. The molecule has 4 rings (SSSR count). The Morgan fingerprint density at radius 2 is 2.15 bits per heavy atom.